The molecule has 0 saturated carbocycles. The van der Waals surface area contributed by atoms with Gasteiger partial charge in [0.1, 0.15) is 5.82 Å². The summed E-state index contributed by atoms with van der Waals surface area (Å²) in [7, 11) is -3.46. The van der Waals surface area contributed by atoms with Crippen LogP contribution < -0.4 is 11.5 Å². The van der Waals surface area contributed by atoms with Crippen molar-refractivity contribution in [2.45, 2.75) is 11.1 Å². The molecular formula is C24H18F3N3O3S. The van der Waals surface area contributed by atoms with Gasteiger partial charge in [-0.1, -0.05) is 42.5 Å². The fraction of sp³-hybridized carbons (Fsp3) is 0.0833. The summed E-state index contributed by atoms with van der Waals surface area (Å²) in [5, 5.41) is 0.0554. The van der Waals surface area contributed by atoms with Gasteiger partial charge in [0.05, 0.1) is 21.5 Å². The molecule has 1 aromatic heterocycles. The van der Waals surface area contributed by atoms with Gasteiger partial charge in [0.25, 0.3) is 5.91 Å². The second-order valence-electron chi connectivity index (χ2n) is 7.69. The summed E-state index contributed by atoms with van der Waals surface area (Å²) in [6.07, 6.45) is -3.61. The zero-order valence-corrected chi connectivity index (χ0v) is 18.5. The standard InChI is InChI=1S/C24H18F3N3O3S/c1-34(32,33)16-8-3-6-14(12-16)13-5-2-7-15(11-13)19-17-9-4-10-18(24(25,26)27)21(17)30-22(28)20(19)23(29)31/h2-12H,1H3,(H2,28,30)(H2,29,31). The lowest BCUT2D eigenvalue weighted by Gasteiger charge is -2.17. The van der Waals surface area contributed by atoms with E-state index in [1.54, 1.807) is 36.4 Å². The number of nitrogens with zero attached hydrogens (tertiary/aromatic N) is 1. The van der Waals surface area contributed by atoms with Crippen molar-refractivity contribution in [3.8, 4) is 22.3 Å². The van der Waals surface area contributed by atoms with Crippen LogP contribution in [-0.2, 0) is 16.0 Å². The number of sulfone groups is 1. The second kappa shape index (κ2) is 8.14. The molecule has 0 spiro atoms. The van der Waals surface area contributed by atoms with Gasteiger partial charge in [-0.15, -0.1) is 0 Å². The number of nitrogen functional groups attached to an aromatic ring is 1. The summed E-state index contributed by atoms with van der Waals surface area (Å²) in [6, 6.07) is 16.3. The number of carbonyl (C=O) groups is 1. The second-order valence-corrected chi connectivity index (χ2v) is 9.71. The molecule has 1 amide bonds. The van der Waals surface area contributed by atoms with E-state index in [1.807, 2.05) is 0 Å². The average Bonchev–Trinajstić information content (AvgIpc) is 2.76. The maximum atomic E-state index is 13.6. The first kappa shape index (κ1) is 23.2. The number of hydrogen-bond donors (Lipinski definition) is 2. The molecule has 3 aromatic carbocycles. The van der Waals surface area contributed by atoms with E-state index in [1.165, 1.54) is 24.3 Å². The van der Waals surface area contributed by atoms with Crippen molar-refractivity contribution in [2.24, 2.45) is 5.73 Å². The van der Waals surface area contributed by atoms with E-state index in [-0.39, 0.29) is 21.4 Å². The molecule has 4 N–H and O–H groups in total. The van der Waals surface area contributed by atoms with E-state index in [0.29, 0.717) is 16.7 Å². The van der Waals surface area contributed by atoms with Crippen LogP contribution in [0.25, 0.3) is 33.2 Å². The molecule has 0 aliphatic rings. The Balaban J connectivity index is 2.03. The van der Waals surface area contributed by atoms with Crippen LogP contribution in [0.15, 0.2) is 71.6 Å². The van der Waals surface area contributed by atoms with Crippen molar-refractivity contribution in [1.29, 1.82) is 0 Å². The van der Waals surface area contributed by atoms with Gasteiger partial charge in [-0.3, -0.25) is 4.79 Å². The van der Waals surface area contributed by atoms with E-state index < -0.39 is 38.8 Å². The van der Waals surface area contributed by atoms with Crippen molar-refractivity contribution in [2.75, 3.05) is 12.0 Å². The molecule has 0 unspecified atom stereocenters. The van der Waals surface area contributed by atoms with Crippen molar-refractivity contribution >= 4 is 32.5 Å². The monoisotopic (exact) mass is 485 g/mol. The summed E-state index contributed by atoms with van der Waals surface area (Å²) in [6.45, 7) is 0. The van der Waals surface area contributed by atoms with Gasteiger partial charge < -0.3 is 11.5 Å². The third-order valence-corrected chi connectivity index (χ3v) is 6.45. The number of nitrogens with two attached hydrogens (primary N) is 2. The molecule has 0 aliphatic heterocycles. The number of halogens is 3. The lowest BCUT2D eigenvalue weighted by molar-refractivity contribution is -0.136. The number of amides is 1. The van der Waals surface area contributed by atoms with E-state index in [4.69, 9.17) is 11.5 Å². The van der Waals surface area contributed by atoms with Gasteiger partial charge >= 0.3 is 6.18 Å². The first-order valence-corrected chi connectivity index (χ1v) is 11.8. The molecule has 4 aromatic rings. The van der Waals surface area contributed by atoms with E-state index in [9.17, 15) is 26.4 Å². The topological polar surface area (TPSA) is 116 Å². The zero-order chi connectivity index (χ0) is 24.8. The minimum atomic E-state index is -4.70. The van der Waals surface area contributed by atoms with E-state index in [2.05, 4.69) is 4.98 Å². The van der Waals surface area contributed by atoms with Crippen LogP contribution in [0.2, 0.25) is 0 Å². The van der Waals surface area contributed by atoms with Gasteiger partial charge in [-0.2, -0.15) is 13.2 Å². The number of para-hydroxylation sites is 1. The third-order valence-electron chi connectivity index (χ3n) is 5.34. The average molecular weight is 485 g/mol. The summed E-state index contributed by atoms with van der Waals surface area (Å²) >= 11 is 0. The molecule has 174 valence electrons. The van der Waals surface area contributed by atoms with Crippen LogP contribution in [0.1, 0.15) is 15.9 Å². The van der Waals surface area contributed by atoms with Gasteiger partial charge in [0, 0.05) is 17.2 Å². The van der Waals surface area contributed by atoms with Gasteiger partial charge in [-0.05, 0) is 41.0 Å². The molecule has 0 bridgehead atoms. The number of carbonyl (C=O) groups excluding carboxylic acids is 1. The van der Waals surface area contributed by atoms with Gasteiger partial charge in [-0.25, -0.2) is 13.4 Å². The van der Waals surface area contributed by atoms with Crippen molar-refractivity contribution in [1.82, 2.24) is 4.98 Å². The zero-order valence-electron chi connectivity index (χ0n) is 17.7. The first-order chi connectivity index (χ1) is 15.9. The molecule has 1 heterocycles. The van der Waals surface area contributed by atoms with Crippen LogP contribution in [0.3, 0.4) is 0 Å². The lowest BCUT2D eigenvalue weighted by Crippen LogP contribution is -2.17. The van der Waals surface area contributed by atoms with Crippen molar-refractivity contribution in [3.05, 3.63) is 77.9 Å². The molecule has 0 radical (unpaired) electrons. The Morgan fingerprint density at radius 2 is 1.50 bits per heavy atom. The van der Waals surface area contributed by atoms with Crippen LogP contribution in [-0.4, -0.2) is 25.6 Å². The minimum absolute atomic E-state index is 0.0554. The fourth-order valence-corrected chi connectivity index (χ4v) is 4.51. The molecular weight excluding hydrogens is 467 g/mol. The highest BCUT2D eigenvalue weighted by Gasteiger charge is 2.34. The summed E-state index contributed by atoms with van der Waals surface area (Å²) in [4.78, 5) is 16.2. The molecule has 0 atom stereocenters. The number of pyridine rings is 1. The normalized spacial score (nSPS) is 12.1. The lowest BCUT2D eigenvalue weighted by atomic mass is 9.92. The van der Waals surface area contributed by atoms with Crippen molar-refractivity contribution in [3.63, 3.8) is 0 Å². The number of primary amides is 1. The molecule has 0 fully saturated rings. The Morgan fingerprint density at radius 1 is 0.912 bits per heavy atom. The molecule has 0 saturated heterocycles. The SMILES string of the molecule is CS(=O)(=O)c1cccc(-c2cccc(-c3c(C(N)=O)c(N)nc4c(C(F)(F)F)cccc34)c2)c1. The number of anilines is 1. The Hall–Kier alpha value is -3.92. The Morgan fingerprint density at radius 3 is 2.12 bits per heavy atom. The molecule has 34 heavy (non-hydrogen) atoms. The number of fused-ring (bicyclic) bond motifs is 1. The first-order valence-electron chi connectivity index (χ1n) is 9.88. The third kappa shape index (κ3) is 4.19. The minimum Gasteiger partial charge on any atom is -0.383 e. The van der Waals surface area contributed by atoms with Crippen LogP contribution in [0.5, 0.6) is 0 Å². The van der Waals surface area contributed by atoms with E-state index >= 15 is 0 Å². The molecule has 4 rings (SSSR count). The molecule has 0 aliphatic carbocycles. The Labute approximate surface area is 193 Å². The van der Waals surface area contributed by atoms with Crippen LogP contribution in [0, 0.1) is 0 Å². The predicted octanol–water partition coefficient (Wildman–Crippen LogP) is 4.67. The number of benzene rings is 3. The smallest absolute Gasteiger partial charge is 0.383 e. The number of rotatable bonds is 4. The quantitative estimate of drug-likeness (QED) is 0.436. The fourth-order valence-electron chi connectivity index (χ4n) is 3.84. The highest BCUT2D eigenvalue weighted by Crippen LogP contribution is 2.41. The number of alkyl halides is 3. The maximum absolute atomic E-state index is 13.6. The van der Waals surface area contributed by atoms with Gasteiger partial charge in [0.15, 0.2) is 9.84 Å². The summed E-state index contributed by atoms with van der Waals surface area (Å²) in [5.74, 6) is -1.36. The van der Waals surface area contributed by atoms with Crippen molar-refractivity contribution < 1.29 is 26.4 Å². The van der Waals surface area contributed by atoms with Crippen LogP contribution in [0.4, 0.5) is 19.0 Å². The maximum Gasteiger partial charge on any atom is 0.418 e. The Bertz CT molecular complexity index is 1570. The predicted molar refractivity (Wildman–Crippen MR) is 124 cm³/mol. The highest BCUT2D eigenvalue weighted by atomic mass is 32.2. The highest BCUT2D eigenvalue weighted by molar-refractivity contribution is 7.90. The molecule has 6 nitrogen and oxygen atoms in total. The summed E-state index contributed by atoms with van der Waals surface area (Å²) < 4.78 is 64.8. The number of aromatic nitrogens is 1. The van der Waals surface area contributed by atoms with Gasteiger partial charge in [0.2, 0.25) is 0 Å². The van der Waals surface area contributed by atoms with Crippen LogP contribution >= 0.6 is 0 Å². The Kier molecular flexibility index (Phi) is 5.56. The number of hydrogen-bond acceptors (Lipinski definition) is 5. The summed E-state index contributed by atoms with van der Waals surface area (Å²) in [5.41, 5.74) is 11.5. The van der Waals surface area contributed by atoms with E-state index in [0.717, 1.165) is 12.3 Å². The molecule has 10 heteroatoms. The largest absolute Gasteiger partial charge is 0.418 e.